The first-order valence-electron chi connectivity index (χ1n) is 2.29. The summed E-state index contributed by atoms with van der Waals surface area (Å²) in [6.07, 6.45) is 0.255. The van der Waals surface area contributed by atoms with Crippen LogP contribution in [0.15, 0.2) is 0 Å². The molecular formula is C4H8O2S. The van der Waals surface area contributed by atoms with Gasteiger partial charge in [0.05, 0.1) is 5.25 Å². The van der Waals surface area contributed by atoms with Crippen LogP contribution >= 0.6 is 12.0 Å². The molecule has 0 unspecified atom stereocenters. The molecule has 0 aromatic rings. The van der Waals surface area contributed by atoms with Crippen LogP contribution in [-0.4, -0.2) is 11.4 Å². The first-order valence-corrected chi connectivity index (χ1v) is 3.10. The van der Waals surface area contributed by atoms with Gasteiger partial charge in [0.25, 0.3) is 0 Å². The third-order valence-electron chi connectivity index (χ3n) is 1.04. The first-order chi connectivity index (χ1) is 3.30. The second-order valence-electron chi connectivity index (χ2n) is 1.67. The summed E-state index contributed by atoms with van der Waals surface area (Å²) in [6.45, 7) is 4.06. The number of rotatable bonds is 0. The smallest absolute Gasteiger partial charge is 0.105 e. The van der Waals surface area contributed by atoms with E-state index in [0.717, 1.165) is 0 Å². The molecular weight excluding hydrogens is 112 g/mol. The molecule has 0 radical (unpaired) electrons. The van der Waals surface area contributed by atoms with Crippen molar-refractivity contribution in [2.45, 2.75) is 25.2 Å². The summed E-state index contributed by atoms with van der Waals surface area (Å²) in [6, 6.07) is 0. The van der Waals surface area contributed by atoms with Crippen molar-refractivity contribution in [1.29, 1.82) is 0 Å². The minimum atomic E-state index is 0.255. The van der Waals surface area contributed by atoms with Gasteiger partial charge in [0.1, 0.15) is 6.10 Å². The molecule has 0 spiro atoms. The van der Waals surface area contributed by atoms with Gasteiger partial charge in [0.15, 0.2) is 0 Å². The summed E-state index contributed by atoms with van der Waals surface area (Å²) in [5, 5.41) is 0.486. The molecule has 1 fully saturated rings. The average molecular weight is 120 g/mol. The summed E-state index contributed by atoms with van der Waals surface area (Å²) >= 11 is 1.38. The van der Waals surface area contributed by atoms with E-state index < -0.39 is 0 Å². The Morgan fingerprint density at radius 3 is 2.29 bits per heavy atom. The molecule has 0 aromatic carbocycles. The predicted molar refractivity (Wildman–Crippen MR) is 28.7 cm³/mol. The summed E-state index contributed by atoms with van der Waals surface area (Å²) in [5.74, 6) is 0. The Hall–Kier alpha value is 0.270. The highest BCUT2D eigenvalue weighted by Crippen LogP contribution is 2.25. The van der Waals surface area contributed by atoms with Crippen molar-refractivity contribution < 1.29 is 9.22 Å². The van der Waals surface area contributed by atoms with E-state index in [1.54, 1.807) is 0 Å². The zero-order valence-electron chi connectivity index (χ0n) is 4.38. The predicted octanol–water partition coefficient (Wildman–Crippen LogP) is 1.37. The van der Waals surface area contributed by atoms with E-state index in [9.17, 15) is 0 Å². The minimum absolute atomic E-state index is 0.255. The van der Waals surface area contributed by atoms with E-state index in [1.165, 1.54) is 12.0 Å². The first kappa shape index (κ1) is 5.41. The van der Waals surface area contributed by atoms with Crippen molar-refractivity contribution in [2.24, 2.45) is 0 Å². The summed E-state index contributed by atoms with van der Waals surface area (Å²) in [7, 11) is 0. The monoisotopic (exact) mass is 120 g/mol. The van der Waals surface area contributed by atoms with Gasteiger partial charge >= 0.3 is 0 Å². The molecule has 0 aromatic heterocycles. The Kier molecular flexibility index (Phi) is 1.57. The molecule has 0 aliphatic carbocycles. The Labute approximate surface area is 47.3 Å². The van der Waals surface area contributed by atoms with Crippen molar-refractivity contribution in [2.75, 3.05) is 0 Å². The third kappa shape index (κ3) is 1.08. The van der Waals surface area contributed by atoms with Gasteiger partial charge in [-0.15, -0.1) is 0 Å². The van der Waals surface area contributed by atoms with Crippen LogP contribution in [0.2, 0.25) is 0 Å². The molecule has 3 heteroatoms. The van der Waals surface area contributed by atoms with Gasteiger partial charge in [-0.2, -0.15) is 4.33 Å². The van der Waals surface area contributed by atoms with Crippen molar-refractivity contribution in [3.63, 3.8) is 0 Å². The van der Waals surface area contributed by atoms with Crippen LogP contribution in [0.1, 0.15) is 13.8 Å². The molecule has 1 heterocycles. The molecule has 42 valence electrons. The summed E-state index contributed by atoms with van der Waals surface area (Å²) in [4.78, 5) is 4.73. The van der Waals surface area contributed by atoms with Crippen LogP contribution in [0.25, 0.3) is 0 Å². The van der Waals surface area contributed by atoms with E-state index in [4.69, 9.17) is 4.89 Å². The zero-order valence-corrected chi connectivity index (χ0v) is 5.20. The lowest BCUT2D eigenvalue weighted by molar-refractivity contribution is -0.204. The molecule has 1 aliphatic rings. The topological polar surface area (TPSA) is 18.5 Å². The van der Waals surface area contributed by atoms with Crippen molar-refractivity contribution >= 4 is 12.0 Å². The summed E-state index contributed by atoms with van der Waals surface area (Å²) in [5.41, 5.74) is 0. The van der Waals surface area contributed by atoms with Crippen molar-refractivity contribution in [3.8, 4) is 0 Å². The molecule has 0 amide bonds. The maximum absolute atomic E-state index is 4.73. The van der Waals surface area contributed by atoms with Crippen LogP contribution in [0, 0.1) is 0 Å². The fourth-order valence-electron chi connectivity index (χ4n) is 0.303. The van der Waals surface area contributed by atoms with E-state index >= 15 is 0 Å². The lowest BCUT2D eigenvalue weighted by atomic mass is 10.3. The normalized spacial score (nSPS) is 42.0. The fraction of sp³-hybridized carbons (Fsp3) is 1.00. The SMILES string of the molecule is C[C@@H]1OOS[C@H]1C. The van der Waals surface area contributed by atoms with Gasteiger partial charge in [-0.3, -0.25) is 0 Å². The van der Waals surface area contributed by atoms with Crippen LogP contribution in [-0.2, 0) is 9.22 Å². The minimum Gasteiger partial charge on any atom is -0.220 e. The number of hydrogen-bond donors (Lipinski definition) is 0. The Morgan fingerprint density at radius 2 is 2.14 bits per heavy atom. The van der Waals surface area contributed by atoms with Gasteiger partial charge in [0.2, 0.25) is 0 Å². The quantitative estimate of drug-likeness (QED) is 0.355. The average Bonchev–Trinajstić information content (AvgIpc) is 1.91. The van der Waals surface area contributed by atoms with Crippen molar-refractivity contribution in [3.05, 3.63) is 0 Å². The van der Waals surface area contributed by atoms with Gasteiger partial charge < -0.3 is 0 Å². The highest BCUT2D eigenvalue weighted by atomic mass is 32.2. The van der Waals surface area contributed by atoms with Crippen LogP contribution in [0.3, 0.4) is 0 Å². The zero-order chi connectivity index (χ0) is 5.28. The van der Waals surface area contributed by atoms with Crippen LogP contribution in [0.5, 0.6) is 0 Å². The number of hydrogen-bond acceptors (Lipinski definition) is 3. The molecule has 2 atom stereocenters. The maximum atomic E-state index is 4.73. The lowest BCUT2D eigenvalue weighted by Crippen LogP contribution is -2.09. The Balaban J connectivity index is 2.33. The van der Waals surface area contributed by atoms with E-state index in [-0.39, 0.29) is 6.10 Å². The molecule has 0 saturated carbocycles. The third-order valence-corrected chi connectivity index (χ3v) is 1.89. The molecule has 1 rings (SSSR count). The van der Waals surface area contributed by atoms with E-state index in [2.05, 4.69) is 11.3 Å². The van der Waals surface area contributed by atoms with E-state index in [0.29, 0.717) is 5.25 Å². The second-order valence-corrected chi connectivity index (χ2v) is 2.74. The second kappa shape index (κ2) is 2.03. The molecule has 0 N–H and O–H groups in total. The van der Waals surface area contributed by atoms with Crippen LogP contribution < -0.4 is 0 Å². The molecule has 7 heavy (non-hydrogen) atoms. The van der Waals surface area contributed by atoms with Gasteiger partial charge in [0, 0.05) is 12.0 Å². The maximum Gasteiger partial charge on any atom is 0.105 e. The van der Waals surface area contributed by atoms with Gasteiger partial charge in [-0.05, 0) is 13.8 Å². The largest absolute Gasteiger partial charge is 0.220 e. The Bertz CT molecular complexity index is 58.7. The molecule has 1 saturated heterocycles. The van der Waals surface area contributed by atoms with E-state index in [1.807, 2.05) is 6.92 Å². The fourth-order valence-corrected chi connectivity index (χ4v) is 0.798. The highest BCUT2D eigenvalue weighted by molar-refractivity contribution is 7.95. The van der Waals surface area contributed by atoms with Crippen molar-refractivity contribution in [1.82, 2.24) is 0 Å². The standard InChI is InChI=1S/C4H8O2S/c1-3-4(2)7-6-5-3/h3-4H,1-2H3/t3-,4-/m0/s1. The van der Waals surface area contributed by atoms with Gasteiger partial charge in [-0.25, -0.2) is 4.89 Å². The van der Waals surface area contributed by atoms with Crippen LogP contribution in [0.4, 0.5) is 0 Å². The molecule has 0 bridgehead atoms. The van der Waals surface area contributed by atoms with Gasteiger partial charge in [-0.1, -0.05) is 0 Å². The molecule has 2 nitrogen and oxygen atoms in total. The molecule has 1 aliphatic heterocycles. The Morgan fingerprint density at radius 1 is 1.43 bits per heavy atom. The highest BCUT2D eigenvalue weighted by Gasteiger charge is 2.22. The summed E-state index contributed by atoms with van der Waals surface area (Å²) < 4.78 is 4.59. The lowest BCUT2D eigenvalue weighted by Gasteiger charge is -1.97.